The highest BCUT2D eigenvalue weighted by molar-refractivity contribution is 5.24. The molecule has 1 saturated heterocycles. The van der Waals surface area contributed by atoms with Gasteiger partial charge < -0.3 is 14.8 Å². The normalized spacial score (nSPS) is 18.9. The van der Waals surface area contributed by atoms with Crippen LogP contribution in [0.3, 0.4) is 0 Å². The molecule has 0 spiro atoms. The molecule has 2 rings (SSSR count). The molecule has 1 aromatic rings. The van der Waals surface area contributed by atoms with Crippen molar-refractivity contribution in [3.8, 4) is 5.88 Å². The Labute approximate surface area is 145 Å². The van der Waals surface area contributed by atoms with E-state index in [4.69, 9.17) is 9.47 Å². The number of rotatable bonds is 9. The van der Waals surface area contributed by atoms with Gasteiger partial charge in [0.2, 0.25) is 5.88 Å². The van der Waals surface area contributed by atoms with Gasteiger partial charge in [0.15, 0.2) is 0 Å². The van der Waals surface area contributed by atoms with Crippen LogP contribution < -0.4 is 10.1 Å². The van der Waals surface area contributed by atoms with E-state index in [0.29, 0.717) is 6.61 Å². The van der Waals surface area contributed by atoms with E-state index < -0.39 is 0 Å². The minimum Gasteiger partial charge on any atom is -0.473 e. The van der Waals surface area contributed by atoms with Gasteiger partial charge in [0.1, 0.15) is 6.61 Å². The number of nitrogens with one attached hydrogen (secondary N) is 1. The number of allylic oxidation sites excluding steroid dienone is 3. The van der Waals surface area contributed by atoms with E-state index in [0.717, 1.165) is 49.7 Å². The van der Waals surface area contributed by atoms with E-state index >= 15 is 0 Å². The minimum absolute atomic E-state index is 0.223. The van der Waals surface area contributed by atoms with E-state index in [2.05, 4.69) is 17.0 Å². The summed E-state index contributed by atoms with van der Waals surface area (Å²) in [5.74, 6) is 0.780. The Morgan fingerprint density at radius 1 is 1.54 bits per heavy atom. The highest BCUT2D eigenvalue weighted by Gasteiger charge is 2.18. The van der Waals surface area contributed by atoms with Crippen LogP contribution in [0, 0.1) is 0 Å². The fourth-order valence-corrected chi connectivity index (χ4v) is 2.66. The molecule has 1 unspecified atom stereocenters. The van der Waals surface area contributed by atoms with Crippen LogP contribution in [0.15, 0.2) is 42.5 Å². The molecule has 2 heterocycles. The summed E-state index contributed by atoms with van der Waals surface area (Å²) in [5, 5.41) is 7.78. The highest BCUT2D eigenvalue weighted by Crippen LogP contribution is 2.20. The molecule has 1 atom stereocenters. The first kappa shape index (κ1) is 18.5. The lowest BCUT2D eigenvalue weighted by molar-refractivity contribution is 0.00253. The Kier molecular flexibility index (Phi) is 7.79. The Bertz CT molecular complexity index is 569. The molecule has 0 bridgehead atoms. The van der Waals surface area contributed by atoms with Crippen LogP contribution in [0.4, 0.5) is 0 Å². The molecule has 0 saturated carbocycles. The van der Waals surface area contributed by atoms with Gasteiger partial charge in [-0.15, -0.1) is 0 Å². The number of hydrogen-bond donors (Lipinski definition) is 1. The van der Waals surface area contributed by atoms with Crippen LogP contribution in [0.5, 0.6) is 5.88 Å². The van der Waals surface area contributed by atoms with Gasteiger partial charge in [0.25, 0.3) is 0 Å². The van der Waals surface area contributed by atoms with Crippen molar-refractivity contribution in [3.63, 3.8) is 0 Å². The van der Waals surface area contributed by atoms with E-state index in [9.17, 15) is 0 Å². The second-order valence-corrected chi connectivity index (χ2v) is 5.94. The van der Waals surface area contributed by atoms with Gasteiger partial charge in [-0.05, 0) is 38.8 Å². The zero-order chi connectivity index (χ0) is 17.2. The van der Waals surface area contributed by atoms with Crippen molar-refractivity contribution in [2.45, 2.75) is 45.4 Å². The topological polar surface area (TPSA) is 48.3 Å². The average molecular weight is 331 g/mol. The maximum absolute atomic E-state index is 6.00. The Hall–Kier alpha value is -1.85. The number of hydrogen-bond acceptors (Lipinski definition) is 4. The molecule has 0 amide bonds. The van der Waals surface area contributed by atoms with Crippen molar-refractivity contribution in [2.75, 3.05) is 20.3 Å². The van der Waals surface area contributed by atoms with Crippen molar-refractivity contribution in [1.29, 1.82) is 0 Å². The predicted molar refractivity (Wildman–Crippen MR) is 97.2 cm³/mol. The van der Waals surface area contributed by atoms with Crippen molar-refractivity contribution >= 4 is 0 Å². The fraction of sp³-hybridized carbons (Fsp3) is 0.526. The monoisotopic (exact) mass is 331 g/mol. The lowest BCUT2D eigenvalue weighted by Crippen LogP contribution is -2.25. The molecule has 0 aliphatic carbocycles. The molecule has 1 fully saturated rings. The van der Waals surface area contributed by atoms with Gasteiger partial charge in [-0.1, -0.05) is 30.9 Å². The van der Waals surface area contributed by atoms with Crippen LogP contribution in [0.25, 0.3) is 0 Å². The van der Waals surface area contributed by atoms with Crippen LogP contribution in [0.2, 0.25) is 0 Å². The lowest BCUT2D eigenvalue weighted by Gasteiger charge is -2.23. The van der Waals surface area contributed by atoms with Crippen molar-refractivity contribution in [1.82, 2.24) is 15.1 Å². The van der Waals surface area contributed by atoms with Gasteiger partial charge in [0.05, 0.1) is 18.3 Å². The number of nitrogens with zero attached hydrogens (tertiary/aromatic N) is 2. The molecular weight excluding hydrogens is 302 g/mol. The number of ether oxygens (including phenoxy) is 2. The molecular formula is C19H29N3O2. The first-order chi connectivity index (χ1) is 11.8. The summed E-state index contributed by atoms with van der Waals surface area (Å²) < 4.78 is 13.8. The molecule has 132 valence electrons. The largest absolute Gasteiger partial charge is 0.473 e. The summed E-state index contributed by atoms with van der Waals surface area (Å²) in [6, 6.07) is 2.00. The molecule has 5 nitrogen and oxygen atoms in total. The summed E-state index contributed by atoms with van der Waals surface area (Å²) in [6.45, 7) is 8.61. The van der Waals surface area contributed by atoms with Crippen molar-refractivity contribution in [3.05, 3.63) is 48.2 Å². The van der Waals surface area contributed by atoms with E-state index in [1.165, 1.54) is 6.42 Å². The maximum Gasteiger partial charge on any atom is 0.212 e. The third-order valence-corrected chi connectivity index (χ3v) is 3.95. The van der Waals surface area contributed by atoms with Gasteiger partial charge in [-0.25, -0.2) is 4.68 Å². The molecule has 24 heavy (non-hydrogen) atoms. The Morgan fingerprint density at radius 3 is 3.08 bits per heavy atom. The third-order valence-electron chi connectivity index (χ3n) is 3.95. The zero-order valence-corrected chi connectivity index (χ0v) is 14.8. The summed E-state index contributed by atoms with van der Waals surface area (Å²) in [6.07, 6.45) is 11.5. The predicted octanol–water partition coefficient (Wildman–Crippen LogP) is 3.24. The van der Waals surface area contributed by atoms with Crippen LogP contribution in [0.1, 0.15) is 31.9 Å². The SMILES string of the molecule is C=C/C(=C\C=C/C)COc1cc(CNC)nn1CC1CCCCO1. The summed E-state index contributed by atoms with van der Waals surface area (Å²) in [4.78, 5) is 0. The summed E-state index contributed by atoms with van der Waals surface area (Å²) in [5.41, 5.74) is 2.01. The minimum atomic E-state index is 0.223. The lowest BCUT2D eigenvalue weighted by atomic mass is 10.1. The Balaban J connectivity index is 2.06. The average Bonchev–Trinajstić information content (AvgIpc) is 2.98. The fourth-order valence-electron chi connectivity index (χ4n) is 2.66. The third kappa shape index (κ3) is 5.65. The summed E-state index contributed by atoms with van der Waals surface area (Å²) >= 11 is 0. The van der Waals surface area contributed by atoms with E-state index in [-0.39, 0.29) is 6.10 Å². The second kappa shape index (κ2) is 10.1. The van der Waals surface area contributed by atoms with Gasteiger partial charge in [0, 0.05) is 19.2 Å². The first-order valence-corrected chi connectivity index (χ1v) is 8.66. The summed E-state index contributed by atoms with van der Waals surface area (Å²) in [7, 11) is 1.92. The molecule has 0 radical (unpaired) electrons. The van der Waals surface area contributed by atoms with Crippen LogP contribution >= 0.6 is 0 Å². The smallest absolute Gasteiger partial charge is 0.212 e. The molecule has 5 heteroatoms. The number of aromatic nitrogens is 2. The quantitative estimate of drug-likeness (QED) is 0.706. The van der Waals surface area contributed by atoms with E-state index in [1.807, 2.05) is 49.0 Å². The van der Waals surface area contributed by atoms with E-state index in [1.54, 1.807) is 0 Å². The molecule has 1 aliphatic heterocycles. The first-order valence-electron chi connectivity index (χ1n) is 8.66. The van der Waals surface area contributed by atoms with Crippen molar-refractivity contribution in [2.24, 2.45) is 0 Å². The highest BCUT2D eigenvalue weighted by atomic mass is 16.5. The Morgan fingerprint density at radius 2 is 2.42 bits per heavy atom. The molecule has 1 aliphatic rings. The van der Waals surface area contributed by atoms with Gasteiger partial charge in [-0.2, -0.15) is 5.10 Å². The van der Waals surface area contributed by atoms with Gasteiger partial charge in [-0.3, -0.25) is 0 Å². The molecule has 1 N–H and O–H groups in total. The van der Waals surface area contributed by atoms with Gasteiger partial charge >= 0.3 is 0 Å². The van der Waals surface area contributed by atoms with Crippen LogP contribution in [-0.2, 0) is 17.8 Å². The standard InChI is InChI=1S/C19H29N3O2/c1-4-6-9-16(5-2)15-24-19-12-17(13-20-3)21-22(19)14-18-10-7-8-11-23-18/h4-6,9,12,18,20H,2,7-8,10-11,13-15H2,1,3H3/b6-4-,16-9+. The second-order valence-electron chi connectivity index (χ2n) is 5.94. The van der Waals surface area contributed by atoms with Crippen LogP contribution in [-0.4, -0.2) is 36.1 Å². The molecule has 1 aromatic heterocycles. The van der Waals surface area contributed by atoms with Crippen molar-refractivity contribution < 1.29 is 9.47 Å². The maximum atomic E-state index is 6.00. The molecule has 0 aromatic carbocycles. The zero-order valence-electron chi connectivity index (χ0n) is 14.8.